The van der Waals surface area contributed by atoms with Gasteiger partial charge in [0.05, 0.1) is 19.6 Å². The molecule has 0 aliphatic carbocycles. The van der Waals surface area contributed by atoms with Crippen LogP contribution in [0.4, 0.5) is 4.79 Å². The van der Waals surface area contributed by atoms with Gasteiger partial charge in [-0.3, -0.25) is 19.2 Å². The highest BCUT2D eigenvalue weighted by Gasteiger charge is 2.55. The molecule has 2 aliphatic rings. The second-order valence-corrected chi connectivity index (χ2v) is 6.71. The van der Waals surface area contributed by atoms with Crippen molar-refractivity contribution in [3.05, 3.63) is 34.9 Å². The number of carbonyl (C=O) groups is 2. The highest BCUT2D eigenvalue weighted by Crippen LogP contribution is 2.26. The van der Waals surface area contributed by atoms with Crippen LogP contribution >= 0.6 is 11.6 Å². The topological polar surface area (TPSA) is 59.2 Å². The third-order valence-electron chi connectivity index (χ3n) is 4.85. The van der Waals surface area contributed by atoms with Crippen LogP contribution < -0.4 is 0 Å². The fourth-order valence-electron chi connectivity index (χ4n) is 3.32. The Balaban J connectivity index is 2.10. The number of imide groups is 1. The maximum Gasteiger partial charge on any atom is 0.392 e. The SMILES string of the molecule is CC[N+](CC)=C1N=C2C(C(=O)N(C)C(=O)N2C)N1Cc1ccccc1Cl. The van der Waals surface area contributed by atoms with Gasteiger partial charge < -0.3 is 0 Å². The molecule has 2 aliphatic heterocycles. The summed E-state index contributed by atoms with van der Waals surface area (Å²) in [4.78, 5) is 34.4. The van der Waals surface area contributed by atoms with Crippen LogP contribution in [0.5, 0.6) is 0 Å². The number of hydrogen-bond acceptors (Lipinski definition) is 2. The van der Waals surface area contributed by atoms with Gasteiger partial charge in [0.1, 0.15) is 0 Å². The number of rotatable bonds is 4. The minimum Gasteiger partial charge on any atom is -0.270 e. The van der Waals surface area contributed by atoms with Gasteiger partial charge in [-0.15, -0.1) is 0 Å². The van der Waals surface area contributed by atoms with Crippen LogP contribution in [0.1, 0.15) is 19.4 Å². The lowest BCUT2D eigenvalue weighted by Gasteiger charge is -2.33. The third-order valence-corrected chi connectivity index (χ3v) is 5.22. The van der Waals surface area contributed by atoms with Crippen LogP contribution in [0, 0.1) is 0 Å². The Morgan fingerprint density at radius 3 is 2.38 bits per heavy atom. The molecular formula is C18H23ClN5O2+. The van der Waals surface area contributed by atoms with Crippen molar-refractivity contribution >= 4 is 35.3 Å². The lowest BCUT2D eigenvalue weighted by Crippen LogP contribution is -2.62. The number of likely N-dealkylation sites (N-methyl/N-ethyl adjacent to an activating group) is 2. The maximum atomic E-state index is 12.9. The van der Waals surface area contributed by atoms with Gasteiger partial charge in [0.2, 0.25) is 11.9 Å². The van der Waals surface area contributed by atoms with Crippen LogP contribution in [-0.4, -0.2) is 76.2 Å². The summed E-state index contributed by atoms with van der Waals surface area (Å²) in [5.41, 5.74) is 0.908. The Morgan fingerprint density at radius 1 is 1.12 bits per heavy atom. The van der Waals surface area contributed by atoms with Gasteiger partial charge in [0.15, 0.2) is 0 Å². The van der Waals surface area contributed by atoms with Gasteiger partial charge in [-0.25, -0.2) is 9.69 Å². The number of amidine groups is 1. The molecular weight excluding hydrogens is 354 g/mol. The molecule has 0 saturated carbocycles. The quantitative estimate of drug-likeness (QED) is 0.753. The monoisotopic (exact) mass is 376 g/mol. The van der Waals surface area contributed by atoms with E-state index in [4.69, 9.17) is 11.6 Å². The number of hydrogen-bond donors (Lipinski definition) is 0. The van der Waals surface area contributed by atoms with Gasteiger partial charge in [-0.2, -0.15) is 0 Å². The fraction of sp³-hybridized carbons (Fsp3) is 0.444. The Morgan fingerprint density at radius 2 is 1.77 bits per heavy atom. The van der Waals surface area contributed by atoms with Crippen molar-refractivity contribution < 1.29 is 14.2 Å². The van der Waals surface area contributed by atoms with Crippen molar-refractivity contribution in [1.82, 2.24) is 14.7 Å². The molecule has 3 amide bonds. The number of benzene rings is 1. The summed E-state index contributed by atoms with van der Waals surface area (Å²) in [6.45, 7) is 6.00. The van der Waals surface area contributed by atoms with E-state index in [1.807, 2.05) is 43.0 Å². The van der Waals surface area contributed by atoms with Gasteiger partial charge in [-0.1, -0.05) is 34.8 Å². The third kappa shape index (κ3) is 2.86. The zero-order valence-electron chi connectivity index (χ0n) is 15.4. The Hall–Kier alpha value is -2.41. The number of halogens is 1. The van der Waals surface area contributed by atoms with Crippen molar-refractivity contribution in [2.45, 2.75) is 26.4 Å². The molecule has 1 saturated heterocycles. The summed E-state index contributed by atoms with van der Waals surface area (Å²) in [6.07, 6.45) is 0. The first-order valence-corrected chi connectivity index (χ1v) is 9.04. The van der Waals surface area contributed by atoms with Crippen molar-refractivity contribution in [3.63, 3.8) is 0 Å². The van der Waals surface area contributed by atoms with Crippen LogP contribution in [-0.2, 0) is 11.3 Å². The van der Waals surface area contributed by atoms with Crippen LogP contribution in [0.25, 0.3) is 0 Å². The number of amides is 3. The average molecular weight is 377 g/mol. The number of fused-ring (bicyclic) bond motifs is 1. The van der Waals surface area contributed by atoms with Gasteiger partial charge in [0.25, 0.3) is 5.91 Å². The van der Waals surface area contributed by atoms with Crippen molar-refractivity contribution in [1.29, 1.82) is 0 Å². The van der Waals surface area contributed by atoms with E-state index in [2.05, 4.69) is 9.57 Å². The molecule has 2 heterocycles. The molecule has 1 atom stereocenters. The molecule has 0 spiro atoms. The van der Waals surface area contributed by atoms with Crippen molar-refractivity contribution in [2.24, 2.45) is 4.99 Å². The van der Waals surface area contributed by atoms with E-state index in [0.717, 1.165) is 23.6 Å². The summed E-state index contributed by atoms with van der Waals surface area (Å²) in [5.74, 6) is 0.881. The lowest BCUT2D eigenvalue weighted by molar-refractivity contribution is -0.526. The Bertz CT molecular complexity index is 814. The molecule has 8 heteroatoms. The zero-order chi connectivity index (χ0) is 19.0. The summed E-state index contributed by atoms with van der Waals surface area (Å²) < 4.78 is 2.08. The molecule has 0 aromatic heterocycles. The zero-order valence-corrected chi connectivity index (χ0v) is 16.2. The van der Waals surface area contributed by atoms with Crippen molar-refractivity contribution in [2.75, 3.05) is 27.2 Å². The van der Waals surface area contributed by atoms with E-state index in [1.54, 1.807) is 7.05 Å². The van der Waals surface area contributed by atoms with E-state index in [1.165, 1.54) is 11.9 Å². The average Bonchev–Trinajstić information content (AvgIpc) is 3.00. The first-order valence-electron chi connectivity index (χ1n) is 8.66. The van der Waals surface area contributed by atoms with Crippen LogP contribution in [0.15, 0.2) is 29.3 Å². The molecule has 3 rings (SSSR count). The van der Waals surface area contributed by atoms with E-state index < -0.39 is 6.04 Å². The summed E-state index contributed by atoms with van der Waals surface area (Å²) in [7, 11) is 3.15. The molecule has 26 heavy (non-hydrogen) atoms. The Labute approximate surface area is 158 Å². The minimum atomic E-state index is -0.630. The molecule has 0 N–H and O–H groups in total. The molecule has 0 bridgehead atoms. The number of urea groups is 1. The first-order chi connectivity index (χ1) is 12.4. The smallest absolute Gasteiger partial charge is 0.270 e. The second-order valence-electron chi connectivity index (χ2n) is 6.30. The maximum absolute atomic E-state index is 12.9. The number of nitrogens with zero attached hydrogens (tertiary/aromatic N) is 5. The van der Waals surface area contributed by atoms with Gasteiger partial charge in [-0.05, 0) is 19.9 Å². The van der Waals surface area contributed by atoms with E-state index in [9.17, 15) is 9.59 Å². The number of carbonyl (C=O) groups excluding carboxylic acids is 2. The molecule has 1 aromatic rings. The highest BCUT2D eigenvalue weighted by molar-refractivity contribution is 6.31. The first kappa shape index (κ1) is 18.4. The summed E-state index contributed by atoms with van der Waals surface area (Å²) in [6, 6.07) is 6.56. The van der Waals surface area contributed by atoms with E-state index >= 15 is 0 Å². The summed E-state index contributed by atoms with van der Waals surface area (Å²) in [5, 5.41) is 0.640. The van der Waals surface area contributed by atoms with Gasteiger partial charge in [0, 0.05) is 24.7 Å². The highest BCUT2D eigenvalue weighted by atomic mass is 35.5. The van der Waals surface area contributed by atoms with Crippen molar-refractivity contribution in [3.8, 4) is 0 Å². The van der Waals surface area contributed by atoms with E-state index in [-0.39, 0.29) is 11.9 Å². The largest absolute Gasteiger partial charge is 0.392 e. The standard InChI is InChI=1S/C18H23ClN5O2/c1-5-23(6-2)17-20-15-14(16(25)22(4)18(26)21(15)3)24(17)11-12-9-7-8-10-13(12)19/h7-10,14H,5-6,11H2,1-4H3/q+1. The predicted octanol–water partition coefficient (Wildman–Crippen LogP) is 1.85. The molecule has 138 valence electrons. The van der Waals surface area contributed by atoms with E-state index in [0.29, 0.717) is 23.4 Å². The van der Waals surface area contributed by atoms with Gasteiger partial charge >= 0.3 is 12.0 Å². The predicted molar refractivity (Wildman–Crippen MR) is 100 cm³/mol. The van der Waals surface area contributed by atoms with Crippen LogP contribution in [0.3, 0.4) is 0 Å². The minimum absolute atomic E-state index is 0.277. The number of aliphatic imine (C=N–C) groups is 1. The molecule has 1 aromatic carbocycles. The molecule has 0 radical (unpaired) electrons. The second kappa shape index (κ2) is 7.07. The lowest BCUT2D eigenvalue weighted by atomic mass is 10.1. The van der Waals surface area contributed by atoms with Crippen LogP contribution in [0.2, 0.25) is 5.02 Å². The normalized spacial score (nSPS) is 19.9. The Kier molecular flexibility index (Phi) is 5.00. The molecule has 1 unspecified atom stereocenters. The summed E-state index contributed by atoms with van der Waals surface area (Å²) >= 11 is 6.34. The molecule has 1 fully saturated rings. The number of guanidine groups is 1. The molecule has 7 nitrogen and oxygen atoms in total. The fourth-order valence-corrected chi connectivity index (χ4v) is 3.51.